The van der Waals surface area contributed by atoms with Crippen LogP contribution in [0.15, 0.2) is 65.7 Å². The topological polar surface area (TPSA) is 103 Å². The van der Waals surface area contributed by atoms with Crippen LogP contribution in [0.5, 0.6) is 0 Å². The molecule has 2 aromatic carbocycles. The lowest BCUT2D eigenvalue weighted by Crippen LogP contribution is -2.52. The Morgan fingerprint density at radius 2 is 1.61 bits per heavy atom. The predicted octanol–water partition coefficient (Wildman–Crippen LogP) is 7.52. The molecule has 0 spiro atoms. The normalized spacial score (nSPS) is 16.3. The Labute approximate surface area is 275 Å². The Morgan fingerprint density at radius 1 is 0.870 bits per heavy atom. The fraction of sp³-hybridized carbons (Fsp3) is 0.333. The summed E-state index contributed by atoms with van der Waals surface area (Å²) in [4.78, 5) is 37.2. The number of halogens is 1. The first-order valence-electron chi connectivity index (χ1n) is 16.0. The molecule has 0 saturated heterocycles. The quantitative estimate of drug-likeness (QED) is 0.196. The van der Waals surface area contributed by atoms with E-state index in [0.29, 0.717) is 17.3 Å². The number of amides is 1. The molecule has 1 N–H and O–H groups in total. The molecule has 0 atom stereocenters. The molecule has 10 heteroatoms. The molecule has 46 heavy (non-hydrogen) atoms. The molecule has 1 amide bonds. The first-order chi connectivity index (χ1) is 22.3. The molecule has 0 aliphatic heterocycles. The molecular weight excluding hydrogens is 640 g/mol. The third kappa shape index (κ3) is 4.73. The molecular formula is C36H35BrN8O. The van der Waals surface area contributed by atoms with Crippen molar-refractivity contribution in [3.05, 3.63) is 88.4 Å². The zero-order valence-electron chi connectivity index (χ0n) is 26.2. The van der Waals surface area contributed by atoms with Gasteiger partial charge in [-0.05, 0) is 96.3 Å². The highest BCUT2D eigenvalue weighted by atomic mass is 79.9. The standard InChI is InChI=1S/C36H35BrN8O/c1-21-38-17-25(18-39-21)23-10-12-28-30(15-23)45(3)35(42-28)36(13-6-14-36)43-34(46)24-9-11-27-29(16-24)44(2)32(31(27)22-7-4-5-8-22)33-40-19-26(37)20-41-33/h9-12,15-20,22H,4-8,13-14H2,1-3H3,(H,43,46). The Kier molecular flexibility index (Phi) is 7.01. The SMILES string of the molecule is Cc1ncc(-c2ccc3nc(C4(NC(=O)c5ccc6c(C7CCCC7)c(-c7ncc(Br)cn7)n(C)c6c5)CCC4)n(C)c3c2)cn1. The van der Waals surface area contributed by atoms with E-state index in [1.54, 1.807) is 12.4 Å². The van der Waals surface area contributed by atoms with Crippen LogP contribution in [0.3, 0.4) is 0 Å². The minimum Gasteiger partial charge on any atom is -0.341 e. The number of carbonyl (C=O) groups excluding carboxylic acids is 1. The molecule has 0 unspecified atom stereocenters. The van der Waals surface area contributed by atoms with Crippen molar-refractivity contribution in [2.45, 2.75) is 63.3 Å². The average Bonchev–Trinajstić information content (AvgIpc) is 3.77. The van der Waals surface area contributed by atoms with E-state index in [1.165, 1.54) is 23.8 Å². The van der Waals surface area contributed by atoms with Crippen LogP contribution in [0, 0.1) is 6.92 Å². The summed E-state index contributed by atoms with van der Waals surface area (Å²) in [5, 5.41) is 4.61. The van der Waals surface area contributed by atoms with Crippen molar-refractivity contribution < 1.29 is 4.79 Å². The van der Waals surface area contributed by atoms with Gasteiger partial charge >= 0.3 is 0 Å². The molecule has 4 aromatic heterocycles. The van der Waals surface area contributed by atoms with Crippen LogP contribution < -0.4 is 5.32 Å². The third-order valence-corrected chi connectivity index (χ3v) is 10.5. The van der Waals surface area contributed by atoms with Gasteiger partial charge < -0.3 is 14.5 Å². The minimum absolute atomic E-state index is 0.0868. The van der Waals surface area contributed by atoms with Crippen molar-refractivity contribution in [2.24, 2.45) is 14.1 Å². The lowest BCUT2D eigenvalue weighted by atomic mass is 9.75. The molecule has 6 aromatic rings. The number of benzene rings is 2. The number of rotatable bonds is 6. The zero-order chi connectivity index (χ0) is 31.6. The van der Waals surface area contributed by atoms with E-state index >= 15 is 0 Å². The Morgan fingerprint density at radius 3 is 2.30 bits per heavy atom. The van der Waals surface area contributed by atoms with Crippen LogP contribution in [0.2, 0.25) is 0 Å². The number of hydrogen-bond donors (Lipinski definition) is 1. The van der Waals surface area contributed by atoms with E-state index in [-0.39, 0.29) is 5.91 Å². The van der Waals surface area contributed by atoms with E-state index in [4.69, 9.17) is 4.98 Å². The number of fused-ring (bicyclic) bond motifs is 2. The Bertz CT molecular complexity index is 2120. The van der Waals surface area contributed by atoms with Gasteiger partial charge in [0.2, 0.25) is 0 Å². The Hall–Kier alpha value is -4.44. The second-order valence-electron chi connectivity index (χ2n) is 12.9. The Balaban J connectivity index is 1.15. The van der Waals surface area contributed by atoms with Gasteiger partial charge in [-0.25, -0.2) is 24.9 Å². The summed E-state index contributed by atoms with van der Waals surface area (Å²) in [5.41, 5.74) is 7.40. The summed E-state index contributed by atoms with van der Waals surface area (Å²) in [5.74, 6) is 2.72. The van der Waals surface area contributed by atoms with E-state index < -0.39 is 5.54 Å². The van der Waals surface area contributed by atoms with Gasteiger partial charge in [0.1, 0.15) is 11.6 Å². The highest BCUT2D eigenvalue weighted by molar-refractivity contribution is 9.10. The van der Waals surface area contributed by atoms with E-state index in [0.717, 1.165) is 81.6 Å². The fourth-order valence-corrected chi connectivity index (χ4v) is 7.71. The lowest BCUT2D eigenvalue weighted by molar-refractivity contribution is 0.0805. The third-order valence-electron chi connectivity index (χ3n) is 10.1. The molecule has 0 bridgehead atoms. The van der Waals surface area contributed by atoms with Gasteiger partial charge in [0.15, 0.2) is 5.82 Å². The van der Waals surface area contributed by atoms with Crippen molar-refractivity contribution >= 4 is 43.8 Å². The molecule has 2 aliphatic rings. The molecule has 232 valence electrons. The van der Waals surface area contributed by atoms with Crippen molar-refractivity contribution in [3.63, 3.8) is 0 Å². The second-order valence-corrected chi connectivity index (χ2v) is 13.8. The monoisotopic (exact) mass is 674 g/mol. The summed E-state index contributed by atoms with van der Waals surface area (Å²) < 4.78 is 5.15. The summed E-state index contributed by atoms with van der Waals surface area (Å²) in [6.45, 7) is 1.88. The van der Waals surface area contributed by atoms with E-state index in [9.17, 15) is 4.79 Å². The highest BCUT2D eigenvalue weighted by Crippen LogP contribution is 2.45. The number of nitrogens with one attached hydrogen (secondary N) is 1. The van der Waals surface area contributed by atoms with Gasteiger partial charge in [0.25, 0.3) is 5.91 Å². The maximum atomic E-state index is 14.0. The van der Waals surface area contributed by atoms with Gasteiger partial charge in [-0.3, -0.25) is 4.79 Å². The maximum Gasteiger partial charge on any atom is 0.252 e. The number of aromatic nitrogens is 7. The van der Waals surface area contributed by atoms with Crippen LogP contribution >= 0.6 is 15.9 Å². The number of imidazole rings is 1. The molecule has 9 nitrogen and oxygen atoms in total. The van der Waals surface area contributed by atoms with Crippen LogP contribution in [-0.2, 0) is 19.6 Å². The van der Waals surface area contributed by atoms with E-state index in [1.807, 2.05) is 44.6 Å². The molecule has 4 heterocycles. The maximum absolute atomic E-state index is 14.0. The summed E-state index contributed by atoms with van der Waals surface area (Å²) in [6.07, 6.45) is 14.8. The minimum atomic E-state index is -0.521. The molecule has 2 aliphatic carbocycles. The molecule has 2 fully saturated rings. The molecule has 0 radical (unpaired) electrons. The van der Waals surface area contributed by atoms with Crippen molar-refractivity contribution in [1.29, 1.82) is 0 Å². The summed E-state index contributed by atoms with van der Waals surface area (Å²) in [6, 6.07) is 12.4. The first-order valence-corrected chi connectivity index (χ1v) is 16.8. The van der Waals surface area contributed by atoms with Crippen molar-refractivity contribution in [1.82, 2.24) is 39.4 Å². The van der Waals surface area contributed by atoms with Crippen LogP contribution in [0.25, 0.3) is 44.6 Å². The molecule has 2 saturated carbocycles. The van der Waals surface area contributed by atoms with Crippen molar-refractivity contribution in [3.8, 4) is 22.6 Å². The van der Waals surface area contributed by atoms with Gasteiger partial charge in [-0.2, -0.15) is 0 Å². The summed E-state index contributed by atoms with van der Waals surface area (Å²) >= 11 is 3.48. The van der Waals surface area contributed by atoms with Crippen molar-refractivity contribution in [2.75, 3.05) is 0 Å². The zero-order valence-corrected chi connectivity index (χ0v) is 27.8. The smallest absolute Gasteiger partial charge is 0.252 e. The number of carbonyl (C=O) groups is 1. The lowest BCUT2D eigenvalue weighted by Gasteiger charge is -2.41. The first kappa shape index (κ1) is 29.0. The van der Waals surface area contributed by atoms with Gasteiger partial charge in [-0.1, -0.05) is 25.0 Å². The van der Waals surface area contributed by atoms with Crippen LogP contribution in [-0.4, -0.2) is 40.0 Å². The van der Waals surface area contributed by atoms with Gasteiger partial charge in [-0.15, -0.1) is 0 Å². The van der Waals surface area contributed by atoms with E-state index in [2.05, 4.69) is 75.6 Å². The largest absolute Gasteiger partial charge is 0.341 e. The van der Waals surface area contributed by atoms with Crippen LogP contribution in [0.4, 0.5) is 0 Å². The number of nitrogens with zero attached hydrogens (tertiary/aromatic N) is 7. The average molecular weight is 676 g/mol. The van der Waals surface area contributed by atoms with Gasteiger partial charge in [0.05, 0.1) is 26.7 Å². The number of hydrogen-bond acceptors (Lipinski definition) is 6. The highest BCUT2D eigenvalue weighted by Gasteiger charge is 2.44. The summed E-state index contributed by atoms with van der Waals surface area (Å²) in [7, 11) is 4.10. The fourth-order valence-electron chi connectivity index (χ4n) is 7.50. The van der Waals surface area contributed by atoms with Gasteiger partial charge in [0, 0.05) is 60.9 Å². The predicted molar refractivity (Wildman–Crippen MR) is 182 cm³/mol. The number of aryl methyl sites for hydroxylation is 3. The second kappa shape index (κ2) is 11.1. The molecule has 8 rings (SSSR count). The van der Waals surface area contributed by atoms with Crippen LogP contribution in [0.1, 0.15) is 78.4 Å².